The number of aryl methyl sites for hydroxylation is 2. The number of amides is 2. The van der Waals surface area contributed by atoms with E-state index in [1.807, 2.05) is 31.2 Å². The minimum absolute atomic E-state index is 0.353. The molecule has 0 saturated carbocycles. The predicted octanol–water partition coefficient (Wildman–Crippen LogP) is 6.44. The van der Waals surface area contributed by atoms with Gasteiger partial charge in [-0.3, -0.25) is 0 Å². The molecule has 0 bridgehead atoms. The van der Waals surface area contributed by atoms with Crippen LogP contribution in [0.2, 0.25) is 5.02 Å². The Labute approximate surface area is 204 Å². The largest absolute Gasteiger partial charge is 0.497 e. The molecule has 4 rings (SSSR count). The van der Waals surface area contributed by atoms with E-state index in [2.05, 4.69) is 28.2 Å². The molecule has 0 fully saturated rings. The van der Waals surface area contributed by atoms with Gasteiger partial charge in [0.25, 0.3) is 0 Å². The lowest BCUT2D eigenvalue weighted by Crippen LogP contribution is -2.20. The van der Waals surface area contributed by atoms with Crippen LogP contribution < -0.4 is 15.4 Å². The Balaban J connectivity index is 1.63. The fourth-order valence-corrected chi connectivity index (χ4v) is 3.90. The number of hydrogen-bond donors (Lipinski definition) is 2. The van der Waals surface area contributed by atoms with Crippen molar-refractivity contribution in [3.8, 4) is 5.75 Å². The van der Waals surface area contributed by atoms with Crippen LogP contribution in [0.4, 0.5) is 16.2 Å². The number of pyridine rings is 1. The summed E-state index contributed by atoms with van der Waals surface area (Å²) < 4.78 is 7.54. The van der Waals surface area contributed by atoms with Crippen molar-refractivity contribution in [2.24, 2.45) is 0 Å². The van der Waals surface area contributed by atoms with Gasteiger partial charge < -0.3 is 19.9 Å². The molecule has 2 N–H and O–H groups in total. The lowest BCUT2D eigenvalue weighted by atomic mass is 10.2. The standard InChI is InChI=1S/C26H28ClN5O2/c1-4-5-9-24-30-23-15-22(31-26(33)29-20-12-10-19(27)11-13-20)17(2)28-25(23)32(24)16-18-7-6-8-21(14-18)34-3/h6-8,10-15H,4-5,9,16H2,1-3H3,(H2,29,31,33). The Hall–Kier alpha value is -3.58. The van der Waals surface area contributed by atoms with Crippen molar-refractivity contribution in [3.63, 3.8) is 0 Å². The first-order chi connectivity index (χ1) is 16.5. The molecule has 0 unspecified atom stereocenters. The maximum atomic E-state index is 12.5. The van der Waals surface area contributed by atoms with E-state index in [9.17, 15) is 4.79 Å². The van der Waals surface area contributed by atoms with Crippen LogP contribution in [0, 0.1) is 6.92 Å². The number of carbonyl (C=O) groups is 1. The van der Waals surface area contributed by atoms with Crippen molar-refractivity contribution in [2.75, 3.05) is 17.7 Å². The quantitative estimate of drug-likeness (QED) is 0.306. The number of anilines is 2. The van der Waals surface area contributed by atoms with E-state index in [0.717, 1.165) is 47.6 Å². The SMILES string of the molecule is CCCCc1nc2cc(NC(=O)Nc3ccc(Cl)cc3)c(C)nc2n1Cc1cccc(OC)c1. The molecule has 0 spiro atoms. The molecule has 0 aliphatic heterocycles. The smallest absolute Gasteiger partial charge is 0.323 e. The van der Waals surface area contributed by atoms with E-state index in [1.54, 1.807) is 31.4 Å². The summed E-state index contributed by atoms with van der Waals surface area (Å²) >= 11 is 5.92. The van der Waals surface area contributed by atoms with E-state index in [0.29, 0.717) is 28.6 Å². The summed E-state index contributed by atoms with van der Waals surface area (Å²) in [5, 5.41) is 6.31. The Bertz CT molecular complexity index is 1300. The fraction of sp³-hybridized carbons (Fsp3) is 0.269. The number of halogens is 1. The molecule has 2 amide bonds. The highest BCUT2D eigenvalue weighted by molar-refractivity contribution is 6.30. The first-order valence-corrected chi connectivity index (χ1v) is 11.7. The number of carbonyl (C=O) groups excluding carboxylic acids is 1. The number of ether oxygens (including phenoxy) is 1. The van der Waals surface area contributed by atoms with Crippen LogP contribution in [-0.2, 0) is 13.0 Å². The van der Waals surface area contributed by atoms with E-state index < -0.39 is 0 Å². The second-order valence-electron chi connectivity index (χ2n) is 8.12. The van der Waals surface area contributed by atoms with E-state index in [1.165, 1.54) is 0 Å². The first kappa shape index (κ1) is 23.6. The van der Waals surface area contributed by atoms with Crippen LogP contribution in [0.1, 0.15) is 36.8 Å². The Morgan fingerprint density at radius 3 is 2.62 bits per heavy atom. The molecular weight excluding hydrogens is 450 g/mol. The predicted molar refractivity (Wildman–Crippen MR) is 137 cm³/mol. The van der Waals surface area contributed by atoms with Gasteiger partial charge in [-0.2, -0.15) is 0 Å². The molecule has 2 aromatic heterocycles. The zero-order chi connectivity index (χ0) is 24.1. The molecule has 176 valence electrons. The number of hydrogen-bond acceptors (Lipinski definition) is 4. The van der Waals surface area contributed by atoms with Gasteiger partial charge in [-0.15, -0.1) is 0 Å². The van der Waals surface area contributed by atoms with Gasteiger partial charge in [0.15, 0.2) is 5.65 Å². The van der Waals surface area contributed by atoms with Gasteiger partial charge in [0, 0.05) is 17.1 Å². The van der Waals surface area contributed by atoms with Crippen molar-refractivity contribution in [3.05, 3.63) is 76.7 Å². The van der Waals surface area contributed by atoms with Crippen LogP contribution in [0.25, 0.3) is 11.2 Å². The van der Waals surface area contributed by atoms with Crippen molar-refractivity contribution in [2.45, 2.75) is 39.7 Å². The highest BCUT2D eigenvalue weighted by Crippen LogP contribution is 2.25. The summed E-state index contributed by atoms with van der Waals surface area (Å²) in [5.41, 5.74) is 4.65. The molecule has 0 aliphatic carbocycles. The normalized spacial score (nSPS) is 10.9. The van der Waals surface area contributed by atoms with Crippen molar-refractivity contribution in [1.29, 1.82) is 0 Å². The highest BCUT2D eigenvalue weighted by Gasteiger charge is 2.16. The van der Waals surface area contributed by atoms with Gasteiger partial charge in [0.1, 0.15) is 17.1 Å². The van der Waals surface area contributed by atoms with Crippen molar-refractivity contribution in [1.82, 2.24) is 14.5 Å². The lowest BCUT2D eigenvalue weighted by Gasteiger charge is -2.12. The van der Waals surface area contributed by atoms with Crippen LogP contribution in [0.5, 0.6) is 5.75 Å². The van der Waals surface area contributed by atoms with Crippen LogP contribution in [0.15, 0.2) is 54.6 Å². The van der Waals surface area contributed by atoms with E-state index in [4.69, 9.17) is 26.3 Å². The summed E-state index contributed by atoms with van der Waals surface area (Å²) in [4.78, 5) is 22.2. The number of rotatable bonds is 8. The second-order valence-corrected chi connectivity index (χ2v) is 8.56. The molecule has 2 heterocycles. The molecule has 8 heteroatoms. The third-order valence-electron chi connectivity index (χ3n) is 5.57. The Kier molecular flexibility index (Phi) is 7.33. The zero-order valence-electron chi connectivity index (χ0n) is 19.6. The van der Waals surface area contributed by atoms with Gasteiger partial charge in [0.05, 0.1) is 25.0 Å². The Morgan fingerprint density at radius 2 is 1.88 bits per heavy atom. The minimum Gasteiger partial charge on any atom is -0.497 e. The third kappa shape index (κ3) is 5.48. The molecule has 4 aromatic rings. The van der Waals surface area contributed by atoms with E-state index in [-0.39, 0.29) is 6.03 Å². The molecule has 0 aliphatic rings. The fourth-order valence-electron chi connectivity index (χ4n) is 3.77. The molecule has 0 saturated heterocycles. The number of fused-ring (bicyclic) bond motifs is 1. The van der Waals surface area contributed by atoms with Gasteiger partial charge in [-0.1, -0.05) is 37.1 Å². The maximum absolute atomic E-state index is 12.5. The number of imidazole rings is 1. The number of urea groups is 1. The van der Waals surface area contributed by atoms with Crippen LogP contribution in [-0.4, -0.2) is 27.7 Å². The van der Waals surface area contributed by atoms with Gasteiger partial charge in [-0.05, 0) is 61.4 Å². The van der Waals surface area contributed by atoms with Crippen LogP contribution >= 0.6 is 11.6 Å². The van der Waals surface area contributed by atoms with Crippen LogP contribution in [0.3, 0.4) is 0 Å². The number of benzene rings is 2. The molecule has 0 radical (unpaired) electrons. The van der Waals surface area contributed by atoms with Gasteiger partial charge in [-0.25, -0.2) is 14.8 Å². The number of methoxy groups -OCH3 is 1. The summed E-state index contributed by atoms with van der Waals surface area (Å²) in [6.45, 7) is 4.69. The van der Waals surface area contributed by atoms with Crippen molar-refractivity contribution < 1.29 is 9.53 Å². The molecule has 7 nitrogen and oxygen atoms in total. The highest BCUT2D eigenvalue weighted by atomic mass is 35.5. The number of nitrogens with zero attached hydrogens (tertiary/aromatic N) is 3. The lowest BCUT2D eigenvalue weighted by molar-refractivity contribution is 0.262. The monoisotopic (exact) mass is 477 g/mol. The molecule has 34 heavy (non-hydrogen) atoms. The van der Waals surface area contributed by atoms with Gasteiger partial charge >= 0.3 is 6.03 Å². The number of nitrogens with one attached hydrogen (secondary N) is 2. The summed E-state index contributed by atoms with van der Waals surface area (Å²) in [5.74, 6) is 1.80. The summed E-state index contributed by atoms with van der Waals surface area (Å²) in [6.07, 6.45) is 2.97. The topological polar surface area (TPSA) is 81.1 Å². The second kappa shape index (κ2) is 10.6. The maximum Gasteiger partial charge on any atom is 0.323 e. The number of unbranched alkanes of at least 4 members (excludes halogenated alkanes) is 1. The zero-order valence-corrected chi connectivity index (χ0v) is 20.3. The minimum atomic E-state index is -0.353. The average Bonchev–Trinajstić information content (AvgIpc) is 3.15. The molecular formula is C26H28ClN5O2. The van der Waals surface area contributed by atoms with E-state index >= 15 is 0 Å². The Morgan fingerprint density at radius 1 is 1.09 bits per heavy atom. The first-order valence-electron chi connectivity index (χ1n) is 11.3. The van der Waals surface area contributed by atoms with Gasteiger partial charge in [0.2, 0.25) is 0 Å². The molecule has 0 atom stereocenters. The average molecular weight is 478 g/mol. The third-order valence-corrected chi connectivity index (χ3v) is 5.82. The number of aromatic nitrogens is 3. The summed E-state index contributed by atoms with van der Waals surface area (Å²) in [6, 6.07) is 16.5. The summed E-state index contributed by atoms with van der Waals surface area (Å²) in [7, 11) is 1.67. The molecule has 2 aromatic carbocycles. The van der Waals surface area contributed by atoms with Crippen molar-refractivity contribution >= 4 is 40.2 Å².